The van der Waals surface area contributed by atoms with Crippen LogP contribution in [-0.2, 0) is 14.8 Å². The molecule has 0 spiro atoms. The molecule has 1 aromatic rings. The van der Waals surface area contributed by atoms with Crippen LogP contribution in [0, 0.1) is 5.92 Å². The molecule has 6 heteroatoms. The third-order valence-electron chi connectivity index (χ3n) is 3.09. The molecule has 5 nitrogen and oxygen atoms in total. The molecule has 0 radical (unpaired) electrons. The zero-order valence-corrected chi connectivity index (χ0v) is 11.1. The fourth-order valence-corrected chi connectivity index (χ4v) is 3.22. The summed E-state index contributed by atoms with van der Waals surface area (Å²) < 4.78 is 25.3. The predicted octanol–water partition coefficient (Wildman–Crippen LogP) is 1.39. The van der Waals surface area contributed by atoms with E-state index >= 15 is 0 Å². The lowest BCUT2D eigenvalue weighted by atomic mass is 10.1. The van der Waals surface area contributed by atoms with Gasteiger partial charge in [0.1, 0.15) is 0 Å². The molecule has 1 aliphatic rings. The summed E-state index contributed by atoms with van der Waals surface area (Å²) in [7, 11) is -3.54. The van der Waals surface area contributed by atoms with Crippen LogP contribution in [0.2, 0.25) is 0 Å². The highest BCUT2D eigenvalue weighted by atomic mass is 32.2. The molecule has 0 saturated carbocycles. The molecular formula is C13H15NO4S. The molecule has 0 aromatic heterocycles. The topological polar surface area (TPSA) is 74.7 Å². The van der Waals surface area contributed by atoms with Gasteiger partial charge in [0.15, 0.2) is 0 Å². The number of carboxylic acids is 1. The van der Waals surface area contributed by atoms with Crippen LogP contribution in [0.5, 0.6) is 0 Å². The minimum atomic E-state index is -3.54. The van der Waals surface area contributed by atoms with Crippen molar-refractivity contribution in [2.45, 2.75) is 6.42 Å². The molecule has 102 valence electrons. The first kappa shape index (κ1) is 13.8. The van der Waals surface area contributed by atoms with Gasteiger partial charge in [-0.2, -0.15) is 4.31 Å². The number of nitrogens with zero attached hydrogens (tertiary/aromatic N) is 1. The molecule has 1 heterocycles. The van der Waals surface area contributed by atoms with E-state index in [0.29, 0.717) is 6.42 Å². The molecule has 0 unspecified atom stereocenters. The number of carbonyl (C=O) groups is 1. The molecule has 1 saturated heterocycles. The molecule has 19 heavy (non-hydrogen) atoms. The Balaban J connectivity index is 2.08. The monoisotopic (exact) mass is 281 g/mol. The quantitative estimate of drug-likeness (QED) is 0.905. The molecule has 0 aliphatic carbocycles. The Hall–Kier alpha value is -1.66. The van der Waals surface area contributed by atoms with Crippen LogP contribution in [0.25, 0.3) is 6.08 Å². The third-order valence-corrected chi connectivity index (χ3v) is 4.62. The van der Waals surface area contributed by atoms with Gasteiger partial charge in [-0.15, -0.1) is 0 Å². The smallest absolute Gasteiger partial charge is 0.307 e. The van der Waals surface area contributed by atoms with Gasteiger partial charge >= 0.3 is 5.97 Å². The number of hydrogen-bond donors (Lipinski definition) is 1. The van der Waals surface area contributed by atoms with Crippen molar-refractivity contribution < 1.29 is 18.3 Å². The number of hydrogen-bond acceptors (Lipinski definition) is 3. The van der Waals surface area contributed by atoms with Gasteiger partial charge in [-0.25, -0.2) is 8.42 Å². The molecule has 1 fully saturated rings. The highest BCUT2D eigenvalue weighted by Gasteiger charge is 2.33. The fraction of sp³-hybridized carbons (Fsp3) is 0.308. The van der Waals surface area contributed by atoms with Gasteiger partial charge in [-0.05, 0) is 18.1 Å². The maximum absolute atomic E-state index is 12.0. The van der Waals surface area contributed by atoms with E-state index in [1.54, 1.807) is 12.1 Å². The summed E-state index contributed by atoms with van der Waals surface area (Å²) in [6, 6.07) is 9.10. The molecule has 1 aromatic carbocycles. The zero-order chi connectivity index (χ0) is 13.9. The summed E-state index contributed by atoms with van der Waals surface area (Å²) in [5.74, 6) is -1.54. The number of sulfonamides is 1. The number of rotatable bonds is 4. The molecule has 1 N–H and O–H groups in total. The lowest BCUT2D eigenvalue weighted by Gasteiger charge is -2.12. The van der Waals surface area contributed by atoms with Crippen LogP contribution in [0.3, 0.4) is 0 Å². The number of aliphatic carboxylic acids is 1. The lowest BCUT2D eigenvalue weighted by molar-refractivity contribution is -0.141. The van der Waals surface area contributed by atoms with Crippen LogP contribution in [0.15, 0.2) is 35.7 Å². The minimum Gasteiger partial charge on any atom is -0.481 e. The first-order valence-corrected chi connectivity index (χ1v) is 7.45. The first-order chi connectivity index (χ1) is 8.99. The maximum atomic E-state index is 12.0. The molecule has 2 rings (SSSR count). The molecule has 1 atom stereocenters. The van der Waals surface area contributed by atoms with Gasteiger partial charge in [0.2, 0.25) is 10.0 Å². The fourth-order valence-electron chi connectivity index (χ4n) is 1.98. The van der Waals surface area contributed by atoms with Crippen molar-refractivity contribution in [3.8, 4) is 0 Å². The Morgan fingerprint density at radius 2 is 2.00 bits per heavy atom. The average molecular weight is 281 g/mol. The summed E-state index contributed by atoms with van der Waals surface area (Å²) >= 11 is 0. The Morgan fingerprint density at radius 3 is 2.58 bits per heavy atom. The molecular weight excluding hydrogens is 266 g/mol. The van der Waals surface area contributed by atoms with Crippen molar-refractivity contribution in [2.24, 2.45) is 5.92 Å². The van der Waals surface area contributed by atoms with Crippen molar-refractivity contribution in [2.75, 3.05) is 13.1 Å². The predicted molar refractivity (Wildman–Crippen MR) is 71.7 cm³/mol. The summed E-state index contributed by atoms with van der Waals surface area (Å²) in [5.41, 5.74) is 0.792. The summed E-state index contributed by atoms with van der Waals surface area (Å²) in [6.45, 7) is 0.315. The maximum Gasteiger partial charge on any atom is 0.307 e. The van der Waals surface area contributed by atoms with E-state index in [0.717, 1.165) is 11.0 Å². The zero-order valence-electron chi connectivity index (χ0n) is 10.3. The largest absolute Gasteiger partial charge is 0.481 e. The Kier molecular flexibility index (Phi) is 4.01. The Labute approximate surface area is 112 Å². The average Bonchev–Trinajstić information content (AvgIpc) is 2.88. The van der Waals surface area contributed by atoms with Gasteiger partial charge in [-0.3, -0.25) is 4.79 Å². The Morgan fingerprint density at radius 1 is 1.32 bits per heavy atom. The standard InChI is InChI=1S/C13H15NO4S/c15-13(16)12-6-8-14(10-12)19(17,18)9-7-11-4-2-1-3-5-11/h1-5,7,9,12H,6,8,10H2,(H,15,16)/b9-7+/t12-/m1/s1. The van der Waals surface area contributed by atoms with E-state index in [9.17, 15) is 13.2 Å². The van der Waals surface area contributed by atoms with Gasteiger partial charge in [0.25, 0.3) is 0 Å². The van der Waals surface area contributed by atoms with E-state index in [1.165, 1.54) is 10.4 Å². The second-order valence-electron chi connectivity index (χ2n) is 4.44. The van der Waals surface area contributed by atoms with Crippen molar-refractivity contribution >= 4 is 22.1 Å². The van der Waals surface area contributed by atoms with Gasteiger partial charge in [-0.1, -0.05) is 30.3 Å². The van der Waals surface area contributed by atoms with E-state index < -0.39 is 21.9 Å². The van der Waals surface area contributed by atoms with Crippen LogP contribution in [0.4, 0.5) is 0 Å². The van der Waals surface area contributed by atoms with Crippen molar-refractivity contribution in [3.63, 3.8) is 0 Å². The molecule has 1 aliphatic heterocycles. The lowest BCUT2D eigenvalue weighted by Crippen LogP contribution is -2.28. The summed E-state index contributed by atoms with van der Waals surface area (Å²) in [6.07, 6.45) is 1.89. The van der Waals surface area contributed by atoms with Crippen LogP contribution >= 0.6 is 0 Å². The van der Waals surface area contributed by atoms with Crippen LogP contribution in [0.1, 0.15) is 12.0 Å². The normalized spacial score (nSPS) is 20.9. The highest BCUT2D eigenvalue weighted by molar-refractivity contribution is 7.92. The molecule has 0 bridgehead atoms. The number of benzene rings is 1. The van der Waals surface area contributed by atoms with Crippen molar-refractivity contribution in [1.29, 1.82) is 0 Å². The Bertz CT molecular complexity index is 580. The summed E-state index contributed by atoms with van der Waals surface area (Å²) in [5, 5.41) is 10.00. The minimum absolute atomic E-state index is 0.0524. The molecule has 0 amide bonds. The summed E-state index contributed by atoms with van der Waals surface area (Å²) in [4.78, 5) is 10.8. The van der Waals surface area contributed by atoms with Crippen LogP contribution < -0.4 is 0 Å². The second-order valence-corrected chi connectivity index (χ2v) is 6.26. The van der Waals surface area contributed by atoms with Crippen LogP contribution in [-0.4, -0.2) is 36.9 Å². The van der Waals surface area contributed by atoms with Crippen molar-refractivity contribution in [3.05, 3.63) is 41.3 Å². The van der Waals surface area contributed by atoms with Crippen molar-refractivity contribution in [1.82, 2.24) is 4.31 Å². The van der Waals surface area contributed by atoms with Gasteiger partial charge < -0.3 is 5.11 Å². The van der Waals surface area contributed by atoms with Gasteiger partial charge in [0, 0.05) is 18.5 Å². The van der Waals surface area contributed by atoms with E-state index in [2.05, 4.69) is 0 Å². The highest BCUT2D eigenvalue weighted by Crippen LogP contribution is 2.20. The second kappa shape index (κ2) is 5.54. The third kappa shape index (κ3) is 3.42. The number of carboxylic acid groups (broad SMARTS) is 1. The van der Waals surface area contributed by atoms with Gasteiger partial charge in [0.05, 0.1) is 5.92 Å². The first-order valence-electron chi connectivity index (χ1n) is 5.95. The SMILES string of the molecule is O=C(O)[C@@H]1CCN(S(=O)(=O)/C=C/c2ccccc2)C1. The van der Waals surface area contributed by atoms with E-state index in [4.69, 9.17) is 5.11 Å². The van der Waals surface area contributed by atoms with E-state index in [1.807, 2.05) is 18.2 Å². The van der Waals surface area contributed by atoms with E-state index in [-0.39, 0.29) is 13.1 Å².